The molecule has 18 heavy (non-hydrogen) atoms. The molecule has 2 heterocycles. The van der Waals surface area contributed by atoms with Crippen LogP contribution in [0.2, 0.25) is 0 Å². The molecule has 1 aromatic rings. The maximum absolute atomic E-state index is 12.2. The van der Waals surface area contributed by atoms with Crippen molar-refractivity contribution in [1.29, 1.82) is 0 Å². The molecule has 0 amide bonds. The molecule has 2 nitrogen and oxygen atoms in total. The molecule has 1 aromatic heterocycles. The van der Waals surface area contributed by atoms with Gasteiger partial charge in [0.05, 0.1) is 0 Å². The second-order valence-corrected chi connectivity index (χ2v) is 4.77. The highest BCUT2D eigenvalue weighted by atomic mass is 19.3. The van der Waals surface area contributed by atoms with Gasteiger partial charge in [-0.3, -0.25) is 4.98 Å². The Bertz CT molecular complexity index is 393. The number of rotatable bonds is 4. The van der Waals surface area contributed by atoms with Crippen LogP contribution in [0.3, 0.4) is 0 Å². The predicted octanol–water partition coefficient (Wildman–Crippen LogP) is 2.70. The molecule has 0 atom stereocenters. The molecule has 0 fully saturated rings. The molecule has 1 aliphatic heterocycles. The molecule has 0 radical (unpaired) electrons. The van der Waals surface area contributed by atoms with Crippen molar-refractivity contribution in [1.82, 2.24) is 9.88 Å². The van der Waals surface area contributed by atoms with E-state index in [9.17, 15) is 8.78 Å². The van der Waals surface area contributed by atoms with Crippen molar-refractivity contribution in [3.8, 4) is 0 Å². The van der Waals surface area contributed by atoms with Crippen LogP contribution in [-0.2, 0) is 19.3 Å². The molecule has 0 saturated heterocycles. The van der Waals surface area contributed by atoms with Crippen molar-refractivity contribution in [2.75, 3.05) is 19.6 Å². The fourth-order valence-electron chi connectivity index (χ4n) is 2.39. The summed E-state index contributed by atoms with van der Waals surface area (Å²) >= 11 is 0. The largest absolute Gasteiger partial charge is 0.303 e. The minimum absolute atomic E-state index is 0.0904. The molecule has 2 rings (SSSR count). The quantitative estimate of drug-likeness (QED) is 0.821. The molecule has 1 aliphatic rings. The molecule has 0 spiro atoms. The molecule has 4 heteroatoms. The zero-order valence-electron chi connectivity index (χ0n) is 10.8. The normalized spacial score (nSPS) is 16.7. The summed E-state index contributed by atoms with van der Waals surface area (Å²) in [5.41, 5.74) is 3.20. The summed E-state index contributed by atoms with van der Waals surface area (Å²) in [4.78, 5) is 6.96. The molecule has 100 valence electrons. The van der Waals surface area contributed by atoms with E-state index in [0.29, 0.717) is 6.42 Å². The van der Waals surface area contributed by atoms with Gasteiger partial charge in [0.2, 0.25) is 6.43 Å². The Morgan fingerprint density at radius 1 is 1.28 bits per heavy atom. The van der Waals surface area contributed by atoms with Crippen LogP contribution in [0.4, 0.5) is 8.78 Å². The zero-order valence-corrected chi connectivity index (χ0v) is 10.8. The number of halogens is 2. The summed E-state index contributed by atoms with van der Waals surface area (Å²) in [6, 6.07) is 3.98. The average molecular weight is 254 g/mol. The maximum Gasteiger partial charge on any atom is 0.239 e. The first-order valence-electron chi connectivity index (χ1n) is 6.67. The zero-order chi connectivity index (χ0) is 13.0. The number of nitrogens with zero attached hydrogens (tertiary/aromatic N) is 2. The van der Waals surface area contributed by atoms with Crippen molar-refractivity contribution in [3.05, 3.63) is 29.1 Å². The number of pyridine rings is 1. The summed E-state index contributed by atoms with van der Waals surface area (Å²) in [7, 11) is 0. The number of hydrogen-bond donors (Lipinski definition) is 0. The van der Waals surface area contributed by atoms with E-state index in [1.165, 1.54) is 5.56 Å². The Kier molecular flexibility index (Phi) is 4.64. The first-order chi connectivity index (χ1) is 8.69. The number of aryl methyl sites for hydroxylation is 1. The first-order valence-corrected chi connectivity index (χ1v) is 6.67. The Labute approximate surface area is 107 Å². The first kappa shape index (κ1) is 13.4. The molecule has 0 aliphatic carbocycles. The standard InChI is InChI=1S/C14H20F2N2/c1-2-18-9-7-11-3-4-12(5-6-14(15)16)17-13(11)8-10-18/h3-4,14H,2,5-10H2,1H3. The fourth-order valence-corrected chi connectivity index (χ4v) is 2.39. The number of aromatic nitrogens is 1. The van der Waals surface area contributed by atoms with Gasteiger partial charge < -0.3 is 4.90 Å². The van der Waals surface area contributed by atoms with Gasteiger partial charge in [0.1, 0.15) is 0 Å². The van der Waals surface area contributed by atoms with Crippen molar-refractivity contribution >= 4 is 0 Å². The van der Waals surface area contributed by atoms with Crippen molar-refractivity contribution in [2.24, 2.45) is 0 Å². The summed E-state index contributed by atoms with van der Waals surface area (Å²) in [5.74, 6) is 0. The molecule has 0 N–H and O–H groups in total. The number of fused-ring (bicyclic) bond motifs is 1. The molecular formula is C14H20F2N2. The van der Waals surface area contributed by atoms with E-state index < -0.39 is 6.43 Å². The van der Waals surface area contributed by atoms with Crippen LogP contribution in [0.15, 0.2) is 12.1 Å². The minimum Gasteiger partial charge on any atom is -0.303 e. The van der Waals surface area contributed by atoms with Crippen LogP contribution in [0, 0.1) is 0 Å². The smallest absolute Gasteiger partial charge is 0.239 e. The highest BCUT2D eigenvalue weighted by Gasteiger charge is 2.14. The van der Waals surface area contributed by atoms with Crippen LogP contribution in [0.5, 0.6) is 0 Å². The second kappa shape index (κ2) is 6.23. The van der Waals surface area contributed by atoms with Gasteiger partial charge in [-0.2, -0.15) is 0 Å². The Balaban J connectivity index is 2.05. The second-order valence-electron chi connectivity index (χ2n) is 4.77. The Morgan fingerprint density at radius 2 is 2.06 bits per heavy atom. The van der Waals surface area contributed by atoms with Crippen molar-refractivity contribution < 1.29 is 8.78 Å². The van der Waals surface area contributed by atoms with Crippen molar-refractivity contribution in [3.63, 3.8) is 0 Å². The van der Waals surface area contributed by atoms with E-state index in [4.69, 9.17) is 0 Å². The number of hydrogen-bond acceptors (Lipinski definition) is 2. The van der Waals surface area contributed by atoms with E-state index in [-0.39, 0.29) is 6.42 Å². The number of likely N-dealkylation sites (N-methyl/N-ethyl adjacent to an activating group) is 1. The van der Waals surface area contributed by atoms with Crippen LogP contribution in [0.1, 0.15) is 30.3 Å². The molecular weight excluding hydrogens is 234 g/mol. The van der Waals surface area contributed by atoms with E-state index >= 15 is 0 Å². The maximum atomic E-state index is 12.2. The van der Waals surface area contributed by atoms with Crippen LogP contribution < -0.4 is 0 Å². The van der Waals surface area contributed by atoms with E-state index in [1.807, 2.05) is 6.07 Å². The molecule has 0 aromatic carbocycles. The van der Waals surface area contributed by atoms with Gasteiger partial charge in [0.25, 0.3) is 0 Å². The Morgan fingerprint density at radius 3 is 2.78 bits per heavy atom. The lowest BCUT2D eigenvalue weighted by Crippen LogP contribution is -2.25. The SMILES string of the molecule is CCN1CCc2ccc(CCC(F)F)nc2CC1. The Hall–Kier alpha value is -1.03. The van der Waals surface area contributed by atoms with Gasteiger partial charge in [-0.15, -0.1) is 0 Å². The lowest BCUT2D eigenvalue weighted by atomic mass is 10.1. The number of alkyl halides is 2. The molecule has 0 unspecified atom stereocenters. The van der Waals surface area contributed by atoms with Gasteiger partial charge in [0, 0.05) is 37.3 Å². The molecule has 0 saturated carbocycles. The van der Waals surface area contributed by atoms with Gasteiger partial charge in [0.15, 0.2) is 0 Å². The van der Waals surface area contributed by atoms with Gasteiger partial charge >= 0.3 is 0 Å². The topological polar surface area (TPSA) is 16.1 Å². The third kappa shape index (κ3) is 3.48. The summed E-state index contributed by atoms with van der Waals surface area (Å²) in [6.45, 7) is 5.32. The monoisotopic (exact) mass is 254 g/mol. The lowest BCUT2D eigenvalue weighted by Gasteiger charge is -2.15. The van der Waals surface area contributed by atoms with Crippen molar-refractivity contribution in [2.45, 2.75) is 39.0 Å². The van der Waals surface area contributed by atoms with Gasteiger partial charge in [-0.25, -0.2) is 8.78 Å². The lowest BCUT2D eigenvalue weighted by molar-refractivity contribution is 0.137. The van der Waals surface area contributed by atoms with E-state index in [1.54, 1.807) is 0 Å². The highest BCUT2D eigenvalue weighted by Crippen LogP contribution is 2.16. The highest BCUT2D eigenvalue weighted by molar-refractivity contribution is 5.25. The van der Waals surface area contributed by atoms with Gasteiger partial charge in [-0.1, -0.05) is 13.0 Å². The van der Waals surface area contributed by atoms with Crippen LogP contribution in [-0.4, -0.2) is 35.9 Å². The molecule has 0 bridgehead atoms. The summed E-state index contributed by atoms with van der Waals surface area (Å²) in [6.07, 6.45) is 0.00736. The average Bonchev–Trinajstić information content (AvgIpc) is 2.57. The summed E-state index contributed by atoms with van der Waals surface area (Å²) in [5, 5.41) is 0. The van der Waals surface area contributed by atoms with Gasteiger partial charge in [-0.05, 0) is 31.0 Å². The third-order valence-corrected chi connectivity index (χ3v) is 3.55. The van der Waals surface area contributed by atoms with Crippen LogP contribution in [0.25, 0.3) is 0 Å². The fraction of sp³-hybridized carbons (Fsp3) is 0.643. The third-order valence-electron chi connectivity index (χ3n) is 3.55. The summed E-state index contributed by atoms with van der Waals surface area (Å²) < 4.78 is 24.4. The predicted molar refractivity (Wildman–Crippen MR) is 68.1 cm³/mol. The van der Waals surface area contributed by atoms with Crippen LogP contribution >= 0.6 is 0 Å². The minimum atomic E-state index is -2.24. The van der Waals surface area contributed by atoms with E-state index in [2.05, 4.69) is 22.9 Å². The van der Waals surface area contributed by atoms with E-state index in [0.717, 1.165) is 43.9 Å².